The van der Waals surface area contributed by atoms with Gasteiger partial charge in [0, 0.05) is 5.71 Å². The molecule has 0 aliphatic heterocycles. The molecule has 0 aromatic heterocycles. The highest BCUT2D eigenvalue weighted by Gasteiger charge is 1.86. The molecule has 0 aromatic carbocycles. The van der Waals surface area contributed by atoms with E-state index in [1.807, 2.05) is 32.1 Å². The summed E-state index contributed by atoms with van der Waals surface area (Å²) in [5.74, 6) is 0. The van der Waals surface area contributed by atoms with Gasteiger partial charge in [0.1, 0.15) is 0 Å². The van der Waals surface area contributed by atoms with Crippen LogP contribution in [0.5, 0.6) is 0 Å². The van der Waals surface area contributed by atoms with Crippen molar-refractivity contribution in [3.05, 3.63) is 36.0 Å². The Kier molecular flexibility index (Phi) is 4.20. The van der Waals surface area contributed by atoms with Gasteiger partial charge in [-0.2, -0.15) is 0 Å². The Morgan fingerprint density at radius 3 is 2.18 bits per heavy atom. The molecule has 0 saturated heterocycles. The number of nitrogens with one attached hydrogen (secondary N) is 1. The molecule has 0 amide bonds. The van der Waals surface area contributed by atoms with Crippen molar-refractivity contribution < 1.29 is 0 Å². The van der Waals surface area contributed by atoms with Crippen LogP contribution in [0.15, 0.2) is 36.0 Å². The second-order valence-corrected chi connectivity index (χ2v) is 2.68. The first-order valence-corrected chi connectivity index (χ1v) is 3.60. The Morgan fingerprint density at radius 2 is 1.82 bits per heavy atom. The third kappa shape index (κ3) is 5.34. The normalized spacial score (nSPS) is 12.1. The Labute approximate surface area is 68.6 Å². The fraction of sp³-hybridized carbons (Fsp3) is 0.300. The molecule has 60 valence electrons. The number of hydrogen-bond donors (Lipinski definition) is 1. The predicted octanol–water partition coefficient (Wildman–Crippen LogP) is 3.10. The largest absolute Gasteiger partial charge is 0.305 e. The van der Waals surface area contributed by atoms with Crippen LogP contribution in [0.4, 0.5) is 0 Å². The van der Waals surface area contributed by atoms with Gasteiger partial charge in [-0.25, -0.2) is 0 Å². The zero-order chi connectivity index (χ0) is 8.85. The van der Waals surface area contributed by atoms with Crippen LogP contribution in [-0.2, 0) is 0 Å². The van der Waals surface area contributed by atoms with Gasteiger partial charge in [0.25, 0.3) is 0 Å². The molecule has 0 aromatic rings. The van der Waals surface area contributed by atoms with E-state index in [0.29, 0.717) is 5.71 Å². The molecule has 11 heavy (non-hydrogen) atoms. The minimum Gasteiger partial charge on any atom is -0.305 e. The molecular weight excluding hydrogens is 134 g/mol. The van der Waals surface area contributed by atoms with Crippen molar-refractivity contribution in [1.82, 2.24) is 0 Å². The summed E-state index contributed by atoms with van der Waals surface area (Å²) in [4.78, 5) is 0. The van der Waals surface area contributed by atoms with Crippen molar-refractivity contribution in [2.45, 2.75) is 20.8 Å². The number of allylic oxidation sites excluding steroid dienone is 5. The molecule has 0 heterocycles. The summed E-state index contributed by atoms with van der Waals surface area (Å²) < 4.78 is 0. The lowest BCUT2D eigenvalue weighted by Crippen LogP contribution is -1.87. The van der Waals surface area contributed by atoms with E-state index in [4.69, 9.17) is 5.41 Å². The van der Waals surface area contributed by atoms with E-state index in [-0.39, 0.29) is 0 Å². The number of hydrogen-bond acceptors (Lipinski definition) is 1. The standard InChI is InChI=1S/C10H15N/c1-8(2)6-5-7-9(3)10(4)11/h5-7,11H,1H2,2-4H3/b6-5-,9-7+,11-10?. The fourth-order valence-corrected chi connectivity index (χ4v) is 0.482. The molecular formula is C10H15N. The van der Waals surface area contributed by atoms with Gasteiger partial charge in [0.15, 0.2) is 0 Å². The topological polar surface area (TPSA) is 23.9 Å². The van der Waals surface area contributed by atoms with Crippen LogP contribution in [-0.4, -0.2) is 5.71 Å². The van der Waals surface area contributed by atoms with Crippen LogP contribution < -0.4 is 0 Å². The van der Waals surface area contributed by atoms with Gasteiger partial charge in [-0.05, 0) is 26.3 Å². The number of rotatable bonds is 3. The molecule has 1 nitrogen and oxygen atoms in total. The molecule has 0 spiro atoms. The zero-order valence-corrected chi connectivity index (χ0v) is 7.44. The first-order chi connectivity index (χ1) is 5.04. The van der Waals surface area contributed by atoms with E-state index < -0.39 is 0 Å². The second-order valence-electron chi connectivity index (χ2n) is 2.68. The quantitative estimate of drug-likeness (QED) is 0.471. The monoisotopic (exact) mass is 149 g/mol. The van der Waals surface area contributed by atoms with E-state index >= 15 is 0 Å². The zero-order valence-electron chi connectivity index (χ0n) is 7.44. The molecule has 0 saturated carbocycles. The summed E-state index contributed by atoms with van der Waals surface area (Å²) >= 11 is 0. The van der Waals surface area contributed by atoms with Gasteiger partial charge in [-0.1, -0.05) is 30.4 Å². The smallest absolute Gasteiger partial charge is 0.0312 e. The fourth-order valence-electron chi connectivity index (χ4n) is 0.482. The molecule has 0 radical (unpaired) electrons. The highest BCUT2D eigenvalue weighted by atomic mass is 14.4. The average Bonchev–Trinajstić information content (AvgIpc) is 1.86. The molecule has 0 bridgehead atoms. The summed E-state index contributed by atoms with van der Waals surface area (Å²) in [6, 6.07) is 0. The van der Waals surface area contributed by atoms with Gasteiger partial charge in [0.05, 0.1) is 0 Å². The van der Waals surface area contributed by atoms with E-state index in [9.17, 15) is 0 Å². The van der Waals surface area contributed by atoms with Crippen LogP contribution in [0.25, 0.3) is 0 Å². The van der Waals surface area contributed by atoms with E-state index in [1.165, 1.54) is 0 Å². The van der Waals surface area contributed by atoms with Crippen LogP contribution in [0.3, 0.4) is 0 Å². The minimum atomic E-state index is 0.608. The Balaban J connectivity index is 4.13. The molecule has 0 aliphatic carbocycles. The van der Waals surface area contributed by atoms with Gasteiger partial charge in [-0.3, -0.25) is 0 Å². The summed E-state index contributed by atoms with van der Waals surface area (Å²) in [5, 5.41) is 7.26. The van der Waals surface area contributed by atoms with Crippen molar-refractivity contribution in [2.24, 2.45) is 0 Å². The van der Waals surface area contributed by atoms with Gasteiger partial charge >= 0.3 is 0 Å². The van der Waals surface area contributed by atoms with Crippen molar-refractivity contribution >= 4 is 5.71 Å². The summed E-state index contributed by atoms with van der Waals surface area (Å²) in [7, 11) is 0. The lowest BCUT2D eigenvalue weighted by atomic mass is 10.2. The predicted molar refractivity (Wildman–Crippen MR) is 51.1 cm³/mol. The van der Waals surface area contributed by atoms with Gasteiger partial charge in [-0.15, -0.1) is 0 Å². The maximum Gasteiger partial charge on any atom is 0.0312 e. The van der Waals surface area contributed by atoms with E-state index in [2.05, 4.69) is 6.58 Å². The lowest BCUT2D eigenvalue weighted by Gasteiger charge is -1.92. The Morgan fingerprint density at radius 1 is 1.27 bits per heavy atom. The molecule has 1 N–H and O–H groups in total. The second kappa shape index (κ2) is 4.67. The highest BCUT2D eigenvalue weighted by molar-refractivity contribution is 5.95. The van der Waals surface area contributed by atoms with Crippen LogP contribution in [0.1, 0.15) is 20.8 Å². The van der Waals surface area contributed by atoms with Crippen LogP contribution >= 0.6 is 0 Å². The van der Waals surface area contributed by atoms with Crippen LogP contribution in [0, 0.1) is 5.41 Å². The molecule has 0 unspecified atom stereocenters. The van der Waals surface area contributed by atoms with Crippen molar-refractivity contribution in [3.8, 4) is 0 Å². The SMILES string of the molecule is C=C(C)/C=C\C=C(/C)C(C)=N. The maximum atomic E-state index is 7.26. The summed E-state index contributed by atoms with van der Waals surface area (Å²) in [6.07, 6.45) is 5.75. The highest BCUT2D eigenvalue weighted by Crippen LogP contribution is 1.96. The first kappa shape index (κ1) is 9.89. The summed E-state index contributed by atoms with van der Waals surface area (Å²) in [5.41, 5.74) is 2.62. The van der Waals surface area contributed by atoms with Gasteiger partial charge < -0.3 is 5.41 Å². The molecule has 1 heteroatoms. The van der Waals surface area contributed by atoms with E-state index in [1.54, 1.807) is 6.92 Å². The minimum absolute atomic E-state index is 0.608. The molecule has 0 aliphatic rings. The molecule has 0 fully saturated rings. The van der Waals surface area contributed by atoms with Crippen molar-refractivity contribution in [3.63, 3.8) is 0 Å². The third-order valence-electron chi connectivity index (χ3n) is 1.32. The Bertz CT molecular complexity index is 219. The lowest BCUT2D eigenvalue weighted by molar-refractivity contribution is 1.42. The van der Waals surface area contributed by atoms with E-state index in [0.717, 1.165) is 11.1 Å². The Hall–Kier alpha value is -1.11. The average molecular weight is 149 g/mol. The maximum absolute atomic E-state index is 7.26. The molecule has 0 rings (SSSR count). The third-order valence-corrected chi connectivity index (χ3v) is 1.32. The summed E-state index contributed by atoms with van der Waals surface area (Å²) in [6.45, 7) is 9.37. The van der Waals surface area contributed by atoms with Crippen LogP contribution in [0.2, 0.25) is 0 Å². The van der Waals surface area contributed by atoms with Crippen molar-refractivity contribution in [2.75, 3.05) is 0 Å². The molecule has 0 atom stereocenters. The van der Waals surface area contributed by atoms with Crippen molar-refractivity contribution in [1.29, 1.82) is 5.41 Å². The first-order valence-electron chi connectivity index (χ1n) is 3.60. The van der Waals surface area contributed by atoms with Gasteiger partial charge in [0.2, 0.25) is 0 Å².